The Bertz CT molecular complexity index is 842. The van der Waals surface area contributed by atoms with E-state index in [0.29, 0.717) is 11.6 Å². The van der Waals surface area contributed by atoms with Crippen LogP contribution in [0.4, 0.5) is 0 Å². The first-order chi connectivity index (χ1) is 10.1. The van der Waals surface area contributed by atoms with Gasteiger partial charge in [-0.2, -0.15) is 0 Å². The molecule has 0 spiro atoms. The largest absolute Gasteiger partial charge is 0.503 e. The molecule has 1 unspecified atom stereocenters. The molecule has 1 aliphatic rings. The standard InChI is InChI=1S/C17H18O3S/c1-10(13-8-7-11(2)20-13)9-15-17(19)16(18)12-5-3-4-6-14(12)21-15/h5-8,10,19H,3-4,9H2,1-2H3. The molecule has 1 aliphatic carbocycles. The highest BCUT2D eigenvalue weighted by molar-refractivity contribution is 7.09. The summed E-state index contributed by atoms with van der Waals surface area (Å²) in [7, 11) is 0. The Labute approximate surface area is 126 Å². The van der Waals surface area contributed by atoms with Crippen LogP contribution >= 0.6 is 11.3 Å². The first-order valence-corrected chi connectivity index (χ1v) is 7.99. The topological polar surface area (TPSA) is 50.4 Å². The van der Waals surface area contributed by atoms with Gasteiger partial charge >= 0.3 is 0 Å². The SMILES string of the molecule is Cc1ccc(C(C)Cc2sc3c(c(=O)c2O)=CCCC=3)o1. The number of fused-ring (bicyclic) bond motifs is 1. The number of rotatable bonds is 3. The number of furan rings is 1. The molecule has 0 radical (unpaired) electrons. The second-order valence-corrected chi connectivity index (χ2v) is 6.66. The Kier molecular flexibility index (Phi) is 3.72. The molecule has 0 amide bonds. The van der Waals surface area contributed by atoms with Gasteiger partial charge in [-0.15, -0.1) is 11.3 Å². The van der Waals surface area contributed by atoms with Crippen LogP contribution in [0.5, 0.6) is 5.75 Å². The van der Waals surface area contributed by atoms with Crippen molar-refractivity contribution >= 4 is 23.5 Å². The molecule has 4 heteroatoms. The van der Waals surface area contributed by atoms with E-state index in [1.807, 2.05) is 32.1 Å². The quantitative estimate of drug-likeness (QED) is 0.947. The van der Waals surface area contributed by atoms with Crippen molar-refractivity contribution in [2.24, 2.45) is 0 Å². The minimum Gasteiger partial charge on any atom is -0.503 e. The lowest BCUT2D eigenvalue weighted by Gasteiger charge is -2.10. The highest BCUT2D eigenvalue weighted by Gasteiger charge is 2.16. The summed E-state index contributed by atoms with van der Waals surface area (Å²) in [4.78, 5) is 13.0. The maximum atomic E-state index is 12.2. The van der Waals surface area contributed by atoms with Crippen LogP contribution in [0.1, 0.15) is 42.1 Å². The molecule has 21 heavy (non-hydrogen) atoms. The van der Waals surface area contributed by atoms with E-state index in [4.69, 9.17) is 4.42 Å². The molecule has 1 atom stereocenters. The lowest BCUT2D eigenvalue weighted by atomic mass is 10.0. The van der Waals surface area contributed by atoms with E-state index >= 15 is 0 Å². The molecular formula is C17H18O3S. The molecule has 0 bridgehead atoms. The predicted molar refractivity (Wildman–Crippen MR) is 85.2 cm³/mol. The second kappa shape index (κ2) is 5.53. The van der Waals surface area contributed by atoms with Gasteiger partial charge in [-0.1, -0.05) is 19.1 Å². The van der Waals surface area contributed by atoms with Gasteiger partial charge in [0.25, 0.3) is 0 Å². The summed E-state index contributed by atoms with van der Waals surface area (Å²) in [5, 5.41) is 10.8. The van der Waals surface area contributed by atoms with Gasteiger partial charge in [0.05, 0.1) is 4.88 Å². The van der Waals surface area contributed by atoms with Gasteiger partial charge in [0, 0.05) is 15.7 Å². The zero-order chi connectivity index (χ0) is 15.0. The molecule has 2 heterocycles. The highest BCUT2D eigenvalue weighted by atomic mass is 32.1. The van der Waals surface area contributed by atoms with Gasteiger partial charge in [0.15, 0.2) is 5.75 Å². The molecular weight excluding hydrogens is 284 g/mol. The lowest BCUT2D eigenvalue weighted by molar-refractivity contribution is 0.441. The van der Waals surface area contributed by atoms with Crippen molar-refractivity contribution in [1.29, 1.82) is 0 Å². The van der Waals surface area contributed by atoms with Gasteiger partial charge < -0.3 is 9.52 Å². The zero-order valence-corrected chi connectivity index (χ0v) is 13.0. The number of hydrogen-bond donors (Lipinski definition) is 1. The van der Waals surface area contributed by atoms with E-state index in [1.165, 1.54) is 11.3 Å². The fourth-order valence-electron chi connectivity index (χ4n) is 2.62. The summed E-state index contributed by atoms with van der Waals surface area (Å²) in [5.74, 6) is 1.80. The first kappa shape index (κ1) is 14.1. The van der Waals surface area contributed by atoms with E-state index in [1.54, 1.807) is 0 Å². The Hall–Kier alpha value is -1.81. The Balaban J connectivity index is 2.00. The Morgan fingerprint density at radius 2 is 2.10 bits per heavy atom. The summed E-state index contributed by atoms with van der Waals surface area (Å²) in [5.41, 5.74) is -0.238. The fraction of sp³-hybridized carbons (Fsp3) is 0.353. The third kappa shape index (κ3) is 2.68. The third-order valence-corrected chi connectivity index (χ3v) is 5.02. The minimum atomic E-state index is -0.238. The van der Waals surface area contributed by atoms with Crippen molar-refractivity contribution in [2.75, 3.05) is 0 Å². The average molecular weight is 302 g/mol. The summed E-state index contributed by atoms with van der Waals surface area (Å²) in [6, 6.07) is 3.89. The molecule has 3 rings (SSSR count). The number of hydrogen-bond acceptors (Lipinski definition) is 4. The smallest absolute Gasteiger partial charge is 0.229 e. The van der Waals surface area contributed by atoms with Crippen molar-refractivity contribution in [3.8, 4) is 5.75 Å². The molecule has 0 fully saturated rings. The summed E-state index contributed by atoms with van der Waals surface area (Å²) >= 11 is 1.52. The minimum absolute atomic E-state index is 0.0968. The molecule has 2 aromatic heterocycles. The molecule has 0 aliphatic heterocycles. The lowest BCUT2D eigenvalue weighted by Crippen LogP contribution is -2.38. The van der Waals surface area contributed by atoms with Crippen LogP contribution < -0.4 is 15.2 Å². The number of aromatic hydroxyl groups is 1. The van der Waals surface area contributed by atoms with E-state index in [9.17, 15) is 9.90 Å². The van der Waals surface area contributed by atoms with Crippen LogP contribution in [-0.2, 0) is 6.42 Å². The highest BCUT2D eigenvalue weighted by Crippen LogP contribution is 2.26. The van der Waals surface area contributed by atoms with E-state index < -0.39 is 0 Å². The van der Waals surface area contributed by atoms with E-state index in [0.717, 1.165) is 33.8 Å². The average Bonchev–Trinajstić information content (AvgIpc) is 2.91. The molecule has 0 aromatic carbocycles. The summed E-state index contributed by atoms with van der Waals surface area (Å²) < 4.78 is 6.62. The van der Waals surface area contributed by atoms with E-state index in [-0.39, 0.29) is 17.1 Å². The third-order valence-electron chi connectivity index (χ3n) is 3.81. The van der Waals surface area contributed by atoms with Crippen LogP contribution in [0.15, 0.2) is 21.3 Å². The predicted octanol–water partition coefficient (Wildman–Crippen LogP) is 2.42. The van der Waals surface area contributed by atoms with Gasteiger partial charge in [0.2, 0.25) is 5.43 Å². The second-order valence-electron chi connectivity index (χ2n) is 5.52. The normalized spacial score (nSPS) is 15.0. The van der Waals surface area contributed by atoms with Crippen LogP contribution in [0.25, 0.3) is 12.2 Å². The van der Waals surface area contributed by atoms with Crippen molar-refractivity contribution < 1.29 is 9.52 Å². The summed E-state index contributed by atoms with van der Waals surface area (Å²) in [6.45, 7) is 3.96. The van der Waals surface area contributed by atoms with Crippen molar-refractivity contribution in [2.45, 2.75) is 39.0 Å². The molecule has 2 aromatic rings. The van der Waals surface area contributed by atoms with Crippen molar-refractivity contribution in [3.63, 3.8) is 0 Å². The van der Waals surface area contributed by atoms with Crippen LogP contribution in [0.2, 0.25) is 0 Å². The maximum Gasteiger partial charge on any atom is 0.229 e. The van der Waals surface area contributed by atoms with Crippen LogP contribution in [-0.4, -0.2) is 5.11 Å². The van der Waals surface area contributed by atoms with Gasteiger partial charge in [-0.3, -0.25) is 4.79 Å². The number of aryl methyl sites for hydroxylation is 1. The Morgan fingerprint density at radius 1 is 1.33 bits per heavy atom. The van der Waals surface area contributed by atoms with Gasteiger partial charge in [0.1, 0.15) is 11.5 Å². The molecule has 0 saturated carbocycles. The van der Waals surface area contributed by atoms with Gasteiger partial charge in [-0.25, -0.2) is 0 Å². The van der Waals surface area contributed by atoms with Crippen LogP contribution in [0, 0.1) is 6.92 Å². The van der Waals surface area contributed by atoms with Crippen molar-refractivity contribution in [1.82, 2.24) is 0 Å². The fourth-order valence-corrected chi connectivity index (χ4v) is 3.90. The van der Waals surface area contributed by atoms with E-state index in [2.05, 4.69) is 6.08 Å². The van der Waals surface area contributed by atoms with Crippen LogP contribution in [0.3, 0.4) is 0 Å². The molecule has 110 valence electrons. The zero-order valence-electron chi connectivity index (χ0n) is 12.2. The first-order valence-electron chi connectivity index (χ1n) is 7.18. The van der Waals surface area contributed by atoms with Gasteiger partial charge in [-0.05, 0) is 38.3 Å². The molecule has 3 nitrogen and oxygen atoms in total. The maximum absolute atomic E-state index is 12.2. The molecule has 0 saturated heterocycles. The monoisotopic (exact) mass is 302 g/mol. The molecule has 1 N–H and O–H groups in total. The summed E-state index contributed by atoms with van der Waals surface area (Å²) in [6.07, 6.45) is 6.46. The van der Waals surface area contributed by atoms with Crippen molar-refractivity contribution in [3.05, 3.63) is 48.5 Å². The Morgan fingerprint density at radius 3 is 2.81 bits per heavy atom.